The van der Waals surface area contributed by atoms with E-state index in [2.05, 4.69) is 30.7 Å². The molecule has 0 aliphatic heterocycles. The van der Waals surface area contributed by atoms with E-state index in [1.165, 1.54) is 18.2 Å². The van der Waals surface area contributed by atoms with Gasteiger partial charge in [-0.2, -0.15) is 18.6 Å². The number of nitro groups is 1. The van der Waals surface area contributed by atoms with Crippen LogP contribution in [0.5, 0.6) is 23.0 Å². The molecule has 0 atom stereocenters. The van der Waals surface area contributed by atoms with Crippen molar-refractivity contribution in [2.75, 3.05) is 0 Å². The van der Waals surface area contributed by atoms with E-state index in [0.29, 0.717) is 0 Å². The molecule has 0 heterocycles. The number of rotatable bonds is 9. The van der Waals surface area contributed by atoms with Crippen LogP contribution in [0.1, 0.15) is 10.4 Å². The predicted octanol–water partition coefficient (Wildman–Crippen LogP) is 7.26. The molecule has 0 saturated heterocycles. The minimum absolute atomic E-state index is 0.0569. The number of phenols is 4. The molecule has 0 fully saturated rings. The zero-order valence-corrected chi connectivity index (χ0v) is 23.5. The first-order valence-electron chi connectivity index (χ1n) is 11.8. The van der Waals surface area contributed by atoms with Gasteiger partial charge in [0.15, 0.2) is 22.9 Å². The first kappa shape index (κ1) is 31.9. The zero-order valence-electron chi connectivity index (χ0n) is 21.9. The number of hydrogen-bond acceptors (Lipinski definition) is 15. The predicted molar refractivity (Wildman–Crippen MR) is 153 cm³/mol. The quantitative estimate of drug-likeness (QED) is 0.0450. The molecule has 0 spiro atoms. The number of halogens is 1. The lowest BCUT2D eigenvalue weighted by atomic mass is 10.2. The number of nitrogens with zero attached hydrogens (tertiary/aromatic N) is 7. The summed E-state index contributed by atoms with van der Waals surface area (Å²) in [7, 11) is -4.79. The van der Waals surface area contributed by atoms with E-state index in [9.17, 15) is 53.4 Å². The van der Waals surface area contributed by atoms with Gasteiger partial charge < -0.3 is 25.5 Å². The molecule has 4 aromatic carbocycles. The number of carbonyl (C=O) groups is 1. The Bertz CT molecular complexity index is 2050. The van der Waals surface area contributed by atoms with Crippen LogP contribution in [0.25, 0.3) is 0 Å². The van der Waals surface area contributed by atoms with Gasteiger partial charge in [0, 0.05) is 18.2 Å². The summed E-state index contributed by atoms with van der Waals surface area (Å²) in [6.45, 7) is 0. The first-order chi connectivity index (χ1) is 21.1. The number of benzene rings is 4. The van der Waals surface area contributed by atoms with Crippen LogP contribution in [0.3, 0.4) is 0 Å². The van der Waals surface area contributed by atoms with Crippen molar-refractivity contribution in [1.82, 2.24) is 0 Å². The lowest BCUT2D eigenvalue weighted by molar-refractivity contribution is -0.384. The Balaban J connectivity index is 1.84. The number of phenolic OH excluding ortho intramolecular Hbond substituents is 3. The summed E-state index contributed by atoms with van der Waals surface area (Å²) >= 11 is 5.82. The van der Waals surface area contributed by atoms with Gasteiger partial charge in [0.05, 0.1) is 26.2 Å². The Morgan fingerprint density at radius 2 is 1.27 bits per heavy atom. The van der Waals surface area contributed by atoms with E-state index in [-0.39, 0.29) is 17.1 Å². The summed E-state index contributed by atoms with van der Waals surface area (Å²) in [6.07, 6.45) is 0. The van der Waals surface area contributed by atoms with E-state index in [1.807, 2.05) is 0 Å². The summed E-state index contributed by atoms with van der Waals surface area (Å²) in [5.41, 5.74) is -2.96. The van der Waals surface area contributed by atoms with Gasteiger partial charge >= 0.3 is 5.97 Å². The second kappa shape index (κ2) is 12.7. The van der Waals surface area contributed by atoms with Gasteiger partial charge in [0.1, 0.15) is 28.4 Å². The van der Waals surface area contributed by atoms with Crippen LogP contribution in [0, 0.1) is 10.1 Å². The van der Waals surface area contributed by atoms with Crippen LogP contribution in [-0.2, 0) is 10.1 Å². The van der Waals surface area contributed by atoms with Gasteiger partial charge in [-0.3, -0.25) is 14.7 Å². The summed E-state index contributed by atoms with van der Waals surface area (Å²) < 4.78 is 32.5. The summed E-state index contributed by atoms with van der Waals surface area (Å²) in [6, 6.07) is 10.3. The Labute approximate surface area is 255 Å². The molecule has 20 heteroatoms. The maximum Gasteiger partial charge on any atom is 0.339 e. The van der Waals surface area contributed by atoms with Gasteiger partial charge in [-0.1, -0.05) is 11.6 Å². The molecule has 0 aromatic heterocycles. The van der Waals surface area contributed by atoms with Crippen LogP contribution >= 0.6 is 11.6 Å². The van der Waals surface area contributed by atoms with Crippen molar-refractivity contribution in [2.45, 2.75) is 4.90 Å². The maximum atomic E-state index is 11.6. The van der Waals surface area contributed by atoms with Crippen LogP contribution in [0.15, 0.2) is 96.2 Å². The second-order valence-electron chi connectivity index (χ2n) is 8.59. The molecule has 230 valence electrons. The van der Waals surface area contributed by atoms with Crippen molar-refractivity contribution in [3.63, 3.8) is 0 Å². The molecule has 0 unspecified atom stereocenters. The largest absolute Gasteiger partial charge is 0.507 e. The molecule has 4 aromatic rings. The number of nitro benzene ring substituents is 1. The molecule has 0 radical (unpaired) electrons. The smallest absolute Gasteiger partial charge is 0.339 e. The Morgan fingerprint density at radius 3 is 1.82 bits per heavy atom. The van der Waals surface area contributed by atoms with E-state index in [4.69, 9.17) is 11.6 Å². The van der Waals surface area contributed by atoms with Crippen molar-refractivity contribution >= 4 is 67.5 Å². The zero-order chi connectivity index (χ0) is 33.1. The Hall–Kier alpha value is -6.05. The Kier molecular flexibility index (Phi) is 8.97. The van der Waals surface area contributed by atoms with Crippen molar-refractivity contribution in [3.8, 4) is 23.0 Å². The summed E-state index contributed by atoms with van der Waals surface area (Å²) in [5.74, 6) is -4.44. The van der Waals surface area contributed by atoms with Crippen LogP contribution in [0.4, 0.5) is 39.8 Å². The van der Waals surface area contributed by atoms with Gasteiger partial charge in [-0.25, -0.2) is 4.79 Å². The van der Waals surface area contributed by atoms with Gasteiger partial charge in [0.2, 0.25) is 0 Å². The second-order valence-corrected chi connectivity index (χ2v) is 10.4. The van der Waals surface area contributed by atoms with E-state index < -0.39 is 82.2 Å². The molecule has 4 rings (SSSR count). The topological polar surface area (TPSA) is 290 Å². The highest BCUT2D eigenvalue weighted by Gasteiger charge is 2.20. The molecule has 0 aliphatic carbocycles. The van der Waals surface area contributed by atoms with E-state index >= 15 is 0 Å². The van der Waals surface area contributed by atoms with E-state index in [1.54, 1.807) is 0 Å². The number of hydrogen-bond donors (Lipinski definition) is 6. The molecule has 45 heavy (non-hydrogen) atoms. The molecule has 0 bridgehead atoms. The monoisotopic (exact) mass is 657 g/mol. The van der Waals surface area contributed by atoms with Crippen LogP contribution in [-0.4, -0.2) is 49.4 Å². The van der Waals surface area contributed by atoms with Crippen molar-refractivity contribution in [3.05, 3.63) is 81.4 Å². The molecule has 18 nitrogen and oxygen atoms in total. The SMILES string of the molecule is O=C(O)c1cc(N=Nc2cc(N=Nc3cc(S(=O)(=O)O)cc(Cl)c3O)c(O)c(N=Nc3ccc([N+](=O)[O-])cc3)c2O)ccc1O. The summed E-state index contributed by atoms with van der Waals surface area (Å²) in [5, 5.41) is 83.8. The third kappa shape index (κ3) is 7.30. The molecular weight excluding hydrogens is 642 g/mol. The molecular formula is C25H16ClN7O11S. The van der Waals surface area contributed by atoms with Gasteiger partial charge in [-0.05, 0) is 42.5 Å². The number of non-ortho nitro benzene ring substituents is 1. The fourth-order valence-corrected chi connectivity index (χ4v) is 4.19. The normalized spacial score (nSPS) is 12.0. The van der Waals surface area contributed by atoms with Crippen molar-refractivity contribution in [1.29, 1.82) is 0 Å². The lowest BCUT2D eigenvalue weighted by Gasteiger charge is -2.08. The molecule has 0 saturated carbocycles. The first-order valence-corrected chi connectivity index (χ1v) is 13.6. The number of carboxylic acid groups (broad SMARTS) is 1. The number of aromatic carboxylic acids is 1. The highest BCUT2D eigenvalue weighted by Crippen LogP contribution is 2.50. The molecule has 0 aliphatic rings. The standard InChI is InChI=1S/C25H16ClN7O11S/c26-16-8-14(45(42,43)44)9-17(22(16)35)30-31-19-10-18(29-28-12-3-6-20(34)15(7-12)25(38)39)23(36)21(24(19)37)32-27-11-1-4-13(5-2-11)33(40)41/h1-10,34-37H,(H,38,39)(H,42,43,44). The Morgan fingerprint density at radius 1 is 0.733 bits per heavy atom. The highest BCUT2D eigenvalue weighted by atomic mass is 35.5. The average Bonchev–Trinajstić information content (AvgIpc) is 2.98. The summed E-state index contributed by atoms with van der Waals surface area (Å²) in [4.78, 5) is 20.8. The van der Waals surface area contributed by atoms with Crippen LogP contribution < -0.4 is 0 Å². The fourth-order valence-electron chi connectivity index (χ4n) is 3.38. The van der Waals surface area contributed by atoms with Crippen molar-refractivity contribution in [2.24, 2.45) is 30.7 Å². The van der Waals surface area contributed by atoms with Gasteiger partial charge in [-0.15, -0.1) is 20.5 Å². The number of aromatic hydroxyl groups is 4. The lowest BCUT2D eigenvalue weighted by Crippen LogP contribution is -1.97. The molecule has 6 N–H and O–H groups in total. The number of azo groups is 3. The number of carboxylic acids is 1. The third-order valence-corrected chi connectivity index (χ3v) is 6.72. The molecule has 0 amide bonds. The average molecular weight is 658 g/mol. The fraction of sp³-hybridized carbons (Fsp3) is 0. The minimum atomic E-state index is -4.79. The van der Waals surface area contributed by atoms with Crippen molar-refractivity contribution < 1.29 is 48.2 Å². The minimum Gasteiger partial charge on any atom is -0.507 e. The van der Waals surface area contributed by atoms with E-state index in [0.717, 1.165) is 42.5 Å². The van der Waals surface area contributed by atoms with Crippen LogP contribution in [0.2, 0.25) is 5.02 Å². The highest BCUT2D eigenvalue weighted by molar-refractivity contribution is 7.85. The van der Waals surface area contributed by atoms with Gasteiger partial charge in [0.25, 0.3) is 15.8 Å². The third-order valence-electron chi connectivity index (χ3n) is 5.60. The maximum absolute atomic E-state index is 11.6.